The number of rotatable bonds is 3. The highest BCUT2D eigenvalue weighted by atomic mass is 35.5. The molecule has 2 nitrogen and oxygen atoms in total. The van der Waals surface area contributed by atoms with Crippen molar-refractivity contribution < 1.29 is 9.18 Å². The van der Waals surface area contributed by atoms with E-state index >= 15 is 0 Å². The summed E-state index contributed by atoms with van der Waals surface area (Å²) in [6, 6.07) is 7.31. The molecule has 0 saturated heterocycles. The van der Waals surface area contributed by atoms with Gasteiger partial charge in [0.2, 0.25) is 0 Å². The number of halogens is 3. The van der Waals surface area contributed by atoms with E-state index in [1.165, 1.54) is 18.3 Å². The summed E-state index contributed by atoms with van der Waals surface area (Å²) in [4.78, 5) is 15.8. The molecular formula is C13H8Cl2FNO. The van der Waals surface area contributed by atoms with Gasteiger partial charge in [-0.3, -0.25) is 4.79 Å². The Morgan fingerprint density at radius 3 is 2.72 bits per heavy atom. The molecule has 0 N–H and O–H groups in total. The maximum Gasteiger partial charge on any atom is 0.170 e. The lowest BCUT2D eigenvalue weighted by Crippen LogP contribution is -2.06. The minimum atomic E-state index is -0.632. The first-order valence-corrected chi connectivity index (χ1v) is 5.91. The zero-order chi connectivity index (χ0) is 13.1. The van der Waals surface area contributed by atoms with E-state index in [4.69, 9.17) is 23.2 Å². The molecule has 0 saturated carbocycles. The minimum absolute atomic E-state index is 0.000630. The molecular weight excluding hydrogens is 276 g/mol. The molecule has 0 aliphatic heterocycles. The zero-order valence-electron chi connectivity index (χ0n) is 9.16. The SMILES string of the molecule is O=C(Cc1cccnc1Cl)c1ccc(Cl)cc1F. The third-order valence-corrected chi connectivity index (χ3v) is 2.99. The third-order valence-electron chi connectivity index (χ3n) is 2.42. The Hall–Kier alpha value is -1.45. The van der Waals surface area contributed by atoms with Crippen molar-refractivity contribution in [3.63, 3.8) is 0 Å². The Morgan fingerprint density at radius 1 is 1.28 bits per heavy atom. The van der Waals surface area contributed by atoms with Crippen LogP contribution in [0.25, 0.3) is 0 Å². The summed E-state index contributed by atoms with van der Waals surface area (Å²) in [6.07, 6.45) is 1.53. The highest BCUT2D eigenvalue weighted by Crippen LogP contribution is 2.18. The smallest absolute Gasteiger partial charge is 0.170 e. The predicted molar refractivity (Wildman–Crippen MR) is 68.7 cm³/mol. The Bertz CT molecular complexity index is 601. The summed E-state index contributed by atoms with van der Waals surface area (Å²) in [5.41, 5.74) is 0.567. The van der Waals surface area contributed by atoms with E-state index in [0.29, 0.717) is 5.56 Å². The highest BCUT2D eigenvalue weighted by molar-refractivity contribution is 6.31. The lowest BCUT2D eigenvalue weighted by atomic mass is 10.0. The number of carbonyl (C=O) groups is 1. The molecule has 1 aromatic heterocycles. The molecule has 0 spiro atoms. The monoisotopic (exact) mass is 283 g/mol. The van der Waals surface area contributed by atoms with Crippen molar-refractivity contribution >= 4 is 29.0 Å². The molecule has 0 radical (unpaired) electrons. The fourth-order valence-corrected chi connectivity index (χ4v) is 1.88. The number of Topliss-reactive ketones (excluding diaryl/α,β-unsaturated/α-hetero) is 1. The van der Waals surface area contributed by atoms with Gasteiger partial charge in [-0.05, 0) is 29.8 Å². The summed E-state index contributed by atoms with van der Waals surface area (Å²) in [6.45, 7) is 0. The lowest BCUT2D eigenvalue weighted by Gasteiger charge is -2.04. The maximum absolute atomic E-state index is 13.6. The van der Waals surface area contributed by atoms with Crippen LogP contribution in [-0.2, 0) is 6.42 Å². The van der Waals surface area contributed by atoms with Crippen LogP contribution < -0.4 is 0 Å². The van der Waals surface area contributed by atoms with Gasteiger partial charge in [-0.15, -0.1) is 0 Å². The predicted octanol–water partition coefficient (Wildman–Crippen LogP) is 3.95. The van der Waals surface area contributed by atoms with Crippen molar-refractivity contribution in [2.24, 2.45) is 0 Å². The summed E-state index contributed by atoms with van der Waals surface area (Å²) in [5, 5.41) is 0.503. The third kappa shape index (κ3) is 2.86. The van der Waals surface area contributed by atoms with Crippen molar-refractivity contribution in [1.29, 1.82) is 0 Å². The molecule has 0 fully saturated rings. The van der Waals surface area contributed by atoms with E-state index in [1.54, 1.807) is 12.1 Å². The van der Waals surface area contributed by atoms with Gasteiger partial charge in [0, 0.05) is 17.6 Å². The van der Waals surface area contributed by atoms with Crippen molar-refractivity contribution in [3.8, 4) is 0 Å². The highest BCUT2D eigenvalue weighted by Gasteiger charge is 2.14. The fourth-order valence-electron chi connectivity index (χ4n) is 1.54. The average molecular weight is 284 g/mol. The van der Waals surface area contributed by atoms with Crippen molar-refractivity contribution in [3.05, 3.63) is 63.6 Å². The van der Waals surface area contributed by atoms with Crippen molar-refractivity contribution in [2.75, 3.05) is 0 Å². The van der Waals surface area contributed by atoms with Crippen LogP contribution in [0, 0.1) is 5.82 Å². The average Bonchev–Trinajstić information content (AvgIpc) is 2.32. The quantitative estimate of drug-likeness (QED) is 0.631. The van der Waals surface area contributed by atoms with E-state index in [2.05, 4.69) is 4.98 Å². The lowest BCUT2D eigenvalue weighted by molar-refractivity contribution is 0.0989. The Balaban J connectivity index is 2.25. The first-order valence-electron chi connectivity index (χ1n) is 5.15. The first-order chi connectivity index (χ1) is 8.58. The van der Waals surface area contributed by atoms with Crippen LogP contribution >= 0.6 is 23.2 Å². The second-order valence-corrected chi connectivity index (χ2v) is 4.47. The van der Waals surface area contributed by atoms with E-state index in [0.717, 1.165) is 6.07 Å². The second-order valence-electron chi connectivity index (χ2n) is 3.68. The number of carbonyl (C=O) groups excluding carboxylic acids is 1. The van der Waals surface area contributed by atoms with Crippen molar-refractivity contribution in [2.45, 2.75) is 6.42 Å². The van der Waals surface area contributed by atoms with Gasteiger partial charge < -0.3 is 0 Å². The molecule has 1 heterocycles. The molecule has 0 aliphatic rings. The van der Waals surface area contributed by atoms with Crippen LogP contribution in [0.5, 0.6) is 0 Å². The van der Waals surface area contributed by atoms with Gasteiger partial charge >= 0.3 is 0 Å². The minimum Gasteiger partial charge on any atom is -0.294 e. The van der Waals surface area contributed by atoms with Crippen molar-refractivity contribution in [1.82, 2.24) is 4.98 Å². The Kier molecular flexibility index (Phi) is 3.94. The molecule has 0 atom stereocenters. The van der Waals surface area contributed by atoms with Gasteiger partial charge in [-0.1, -0.05) is 29.3 Å². The standard InChI is InChI=1S/C13H8Cl2FNO/c14-9-3-4-10(11(16)7-9)12(18)6-8-2-1-5-17-13(8)15/h1-5,7H,6H2. The summed E-state index contributed by atoms with van der Waals surface area (Å²) in [7, 11) is 0. The number of nitrogens with zero attached hydrogens (tertiary/aromatic N) is 1. The topological polar surface area (TPSA) is 30.0 Å². The first kappa shape index (κ1) is 13.0. The maximum atomic E-state index is 13.6. The van der Waals surface area contributed by atoms with Gasteiger partial charge in [0.15, 0.2) is 5.78 Å². The summed E-state index contributed by atoms with van der Waals surface area (Å²) < 4.78 is 13.6. The van der Waals surface area contributed by atoms with E-state index in [1.807, 2.05) is 0 Å². The second kappa shape index (κ2) is 5.46. The van der Waals surface area contributed by atoms with Gasteiger partial charge in [0.05, 0.1) is 5.56 Å². The van der Waals surface area contributed by atoms with Gasteiger partial charge in [0.25, 0.3) is 0 Å². The number of aromatic nitrogens is 1. The van der Waals surface area contributed by atoms with Crippen LogP contribution in [0.15, 0.2) is 36.5 Å². The molecule has 2 rings (SSSR count). The van der Waals surface area contributed by atoms with Gasteiger partial charge in [0.1, 0.15) is 11.0 Å². The van der Waals surface area contributed by atoms with Crippen LogP contribution in [0.4, 0.5) is 4.39 Å². The number of hydrogen-bond acceptors (Lipinski definition) is 2. The zero-order valence-corrected chi connectivity index (χ0v) is 10.7. The molecule has 2 aromatic rings. The van der Waals surface area contributed by atoms with E-state index < -0.39 is 5.82 Å². The molecule has 0 bridgehead atoms. The largest absolute Gasteiger partial charge is 0.294 e. The fraction of sp³-hybridized carbons (Fsp3) is 0.0769. The van der Waals surface area contributed by atoms with Crippen LogP contribution in [-0.4, -0.2) is 10.8 Å². The van der Waals surface area contributed by atoms with E-state index in [9.17, 15) is 9.18 Å². The molecule has 92 valence electrons. The molecule has 18 heavy (non-hydrogen) atoms. The normalized spacial score (nSPS) is 10.4. The van der Waals surface area contributed by atoms with Crippen LogP contribution in [0.1, 0.15) is 15.9 Å². The van der Waals surface area contributed by atoms with Crippen LogP contribution in [0.3, 0.4) is 0 Å². The number of benzene rings is 1. The molecule has 5 heteroatoms. The van der Waals surface area contributed by atoms with E-state index in [-0.39, 0.29) is 27.9 Å². The van der Waals surface area contributed by atoms with Gasteiger partial charge in [-0.25, -0.2) is 9.37 Å². The Morgan fingerprint density at radius 2 is 2.06 bits per heavy atom. The number of pyridine rings is 1. The number of ketones is 1. The molecule has 1 aromatic carbocycles. The summed E-state index contributed by atoms with van der Waals surface area (Å²) >= 11 is 11.5. The van der Waals surface area contributed by atoms with Crippen LogP contribution in [0.2, 0.25) is 10.2 Å². The molecule has 0 unspecified atom stereocenters. The molecule has 0 aliphatic carbocycles. The number of hydrogen-bond donors (Lipinski definition) is 0. The summed E-state index contributed by atoms with van der Waals surface area (Å²) in [5.74, 6) is -0.994. The Labute approximate surface area is 113 Å². The van der Waals surface area contributed by atoms with Gasteiger partial charge in [-0.2, -0.15) is 0 Å². The molecule has 0 amide bonds.